The summed E-state index contributed by atoms with van der Waals surface area (Å²) in [5.41, 5.74) is 10.8. The van der Waals surface area contributed by atoms with Gasteiger partial charge in [0.2, 0.25) is 0 Å². The Hall–Kier alpha value is -3.74. The summed E-state index contributed by atoms with van der Waals surface area (Å²) >= 11 is 0. The van der Waals surface area contributed by atoms with Crippen LogP contribution in [0.25, 0.3) is 0 Å². The van der Waals surface area contributed by atoms with Gasteiger partial charge in [0.05, 0.1) is 32.3 Å². The van der Waals surface area contributed by atoms with Gasteiger partial charge in [0.1, 0.15) is 5.82 Å². The third kappa shape index (κ3) is 4.45. The van der Waals surface area contributed by atoms with E-state index in [-0.39, 0.29) is 29.2 Å². The van der Waals surface area contributed by atoms with Gasteiger partial charge in [0, 0.05) is 23.4 Å². The van der Waals surface area contributed by atoms with E-state index in [0.717, 1.165) is 16.9 Å². The Morgan fingerprint density at radius 1 is 1.06 bits per heavy atom. The third-order valence-electron chi connectivity index (χ3n) is 6.79. The first kappa shape index (κ1) is 25.4. The van der Waals surface area contributed by atoms with Crippen LogP contribution in [0.3, 0.4) is 0 Å². The average Bonchev–Trinajstić information content (AvgIpc) is 2.83. The highest BCUT2D eigenvalue weighted by Crippen LogP contribution is 2.51. The van der Waals surface area contributed by atoms with E-state index in [1.807, 2.05) is 42.2 Å². The van der Waals surface area contributed by atoms with Gasteiger partial charge in [-0.1, -0.05) is 37.6 Å². The van der Waals surface area contributed by atoms with E-state index in [1.165, 1.54) is 0 Å². The van der Waals surface area contributed by atoms with Crippen LogP contribution < -0.4 is 20.1 Å². The molecule has 0 saturated heterocycles. The Labute approximate surface area is 212 Å². The van der Waals surface area contributed by atoms with Gasteiger partial charge in [-0.2, -0.15) is 0 Å². The van der Waals surface area contributed by atoms with Crippen LogP contribution in [0.5, 0.6) is 11.5 Å². The zero-order valence-electron chi connectivity index (χ0n) is 21.8. The van der Waals surface area contributed by atoms with Gasteiger partial charge in [0.15, 0.2) is 17.3 Å². The molecule has 0 fully saturated rings. The van der Waals surface area contributed by atoms with E-state index < -0.39 is 11.9 Å². The molecule has 190 valence electrons. The molecule has 0 radical (unpaired) electrons. The minimum Gasteiger partial charge on any atom is -0.493 e. The van der Waals surface area contributed by atoms with Gasteiger partial charge in [-0.15, -0.1) is 0 Å². The van der Waals surface area contributed by atoms with Crippen molar-refractivity contribution in [2.75, 3.05) is 25.7 Å². The fraction of sp³-hybridized carbons (Fsp3) is 0.379. The molecule has 2 aromatic carbocycles. The van der Waals surface area contributed by atoms with Crippen molar-refractivity contribution in [1.82, 2.24) is 0 Å². The molecular weight excluding hydrogens is 456 g/mol. The minimum atomic E-state index is -0.691. The molecule has 2 aliphatic rings. The van der Waals surface area contributed by atoms with Crippen molar-refractivity contribution in [3.8, 4) is 11.5 Å². The normalized spacial score (nSPS) is 19.2. The van der Waals surface area contributed by atoms with Crippen molar-refractivity contribution >= 4 is 17.4 Å². The van der Waals surface area contributed by atoms with Gasteiger partial charge in [0.25, 0.3) is 0 Å². The first-order valence-electron chi connectivity index (χ1n) is 12.1. The summed E-state index contributed by atoms with van der Waals surface area (Å²) in [4.78, 5) is 29.1. The zero-order chi connectivity index (χ0) is 26.2. The van der Waals surface area contributed by atoms with Crippen LogP contribution in [0.1, 0.15) is 50.7 Å². The number of anilines is 1. The maximum Gasteiger partial charge on any atom is 0.338 e. The first-order valence-corrected chi connectivity index (χ1v) is 12.1. The number of aryl methyl sites for hydroxylation is 1. The Morgan fingerprint density at radius 3 is 2.33 bits per heavy atom. The summed E-state index contributed by atoms with van der Waals surface area (Å²) in [5, 5.41) is 0. The maximum absolute atomic E-state index is 13.8. The molecular formula is C29H34N2O5. The number of nitrogens with two attached hydrogens (primary N) is 1. The van der Waals surface area contributed by atoms with Crippen LogP contribution in [0.4, 0.5) is 5.69 Å². The summed E-state index contributed by atoms with van der Waals surface area (Å²) in [6.07, 6.45) is 0.996. The van der Waals surface area contributed by atoms with E-state index >= 15 is 0 Å². The minimum absolute atomic E-state index is 0.00700. The largest absolute Gasteiger partial charge is 0.493 e. The number of ether oxygens (including phenoxy) is 3. The molecule has 7 nitrogen and oxygen atoms in total. The Morgan fingerprint density at radius 2 is 1.72 bits per heavy atom. The molecule has 2 aromatic rings. The van der Waals surface area contributed by atoms with Crippen molar-refractivity contribution in [3.63, 3.8) is 0 Å². The van der Waals surface area contributed by atoms with E-state index in [2.05, 4.69) is 13.8 Å². The maximum atomic E-state index is 13.8. The van der Waals surface area contributed by atoms with Gasteiger partial charge in [-0.3, -0.25) is 9.69 Å². The smallest absolute Gasteiger partial charge is 0.338 e. The number of ketones is 1. The summed E-state index contributed by atoms with van der Waals surface area (Å²) in [6, 6.07) is 13.3. The second-order valence-corrected chi connectivity index (χ2v) is 10.0. The van der Waals surface area contributed by atoms with Crippen molar-refractivity contribution < 1.29 is 23.8 Å². The van der Waals surface area contributed by atoms with Gasteiger partial charge in [-0.05, 0) is 55.5 Å². The standard InChI is InChI=1S/C29H34N2O5/c1-7-36-28(33)26-24(18-10-13-22(34-5)23(14-18)35-6)25-20(15-29(3,4)16-21(25)32)31(27(26)30)19-11-8-17(2)9-12-19/h8-14,24H,7,15-16,30H2,1-6H3/t24-/m0/s1. The summed E-state index contributed by atoms with van der Waals surface area (Å²) < 4.78 is 16.4. The van der Waals surface area contributed by atoms with Crippen LogP contribution >= 0.6 is 0 Å². The van der Waals surface area contributed by atoms with Crippen LogP contribution in [0, 0.1) is 12.3 Å². The number of benzene rings is 2. The van der Waals surface area contributed by atoms with Crippen LogP contribution in [0.15, 0.2) is 65.1 Å². The average molecular weight is 491 g/mol. The number of hydrogen-bond acceptors (Lipinski definition) is 7. The lowest BCUT2D eigenvalue weighted by molar-refractivity contribution is -0.138. The molecule has 1 heterocycles. The van der Waals surface area contributed by atoms with Crippen molar-refractivity contribution in [3.05, 3.63) is 76.3 Å². The van der Waals surface area contributed by atoms with E-state index in [4.69, 9.17) is 19.9 Å². The van der Waals surface area contributed by atoms with Crippen molar-refractivity contribution in [2.24, 2.45) is 11.1 Å². The molecule has 7 heteroatoms. The van der Waals surface area contributed by atoms with Crippen LogP contribution in [-0.2, 0) is 14.3 Å². The molecule has 1 aliphatic heterocycles. The molecule has 1 aliphatic carbocycles. The number of nitrogens with zero attached hydrogens (tertiary/aromatic N) is 1. The van der Waals surface area contributed by atoms with Gasteiger partial charge in [-0.25, -0.2) is 4.79 Å². The number of carbonyl (C=O) groups excluding carboxylic acids is 2. The Bertz CT molecular complexity index is 1260. The monoisotopic (exact) mass is 490 g/mol. The van der Waals surface area contributed by atoms with Crippen molar-refractivity contribution in [1.29, 1.82) is 0 Å². The van der Waals surface area contributed by atoms with E-state index in [9.17, 15) is 9.59 Å². The fourth-order valence-electron chi connectivity index (χ4n) is 5.17. The molecule has 0 bridgehead atoms. The van der Waals surface area contributed by atoms with Gasteiger partial charge >= 0.3 is 5.97 Å². The van der Waals surface area contributed by atoms with Crippen molar-refractivity contribution in [2.45, 2.75) is 46.5 Å². The number of methoxy groups -OCH3 is 2. The molecule has 0 amide bonds. The molecule has 4 rings (SSSR count). The molecule has 0 spiro atoms. The highest BCUT2D eigenvalue weighted by Gasteiger charge is 2.46. The number of carbonyl (C=O) groups is 2. The highest BCUT2D eigenvalue weighted by molar-refractivity contribution is 6.05. The summed E-state index contributed by atoms with van der Waals surface area (Å²) in [7, 11) is 3.12. The lowest BCUT2D eigenvalue weighted by Crippen LogP contribution is -2.43. The van der Waals surface area contributed by atoms with E-state index in [1.54, 1.807) is 33.3 Å². The molecule has 2 N–H and O–H groups in total. The topological polar surface area (TPSA) is 91.1 Å². The first-order chi connectivity index (χ1) is 17.1. The van der Waals surface area contributed by atoms with Crippen LogP contribution in [0.2, 0.25) is 0 Å². The fourth-order valence-corrected chi connectivity index (χ4v) is 5.17. The number of allylic oxidation sites excluding steroid dienone is 2. The molecule has 1 atom stereocenters. The number of esters is 1. The second-order valence-electron chi connectivity index (χ2n) is 10.0. The van der Waals surface area contributed by atoms with Crippen LogP contribution in [-0.4, -0.2) is 32.6 Å². The molecule has 0 saturated carbocycles. The summed E-state index contributed by atoms with van der Waals surface area (Å²) in [5.74, 6) is 0.0794. The Balaban J connectivity index is 2.03. The SMILES string of the molecule is CCOC(=O)C1=C(N)N(c2ccc(C)cc2)C2=C(C(=O)CC(C)(C)C2)[C@@H]1c1ccc(OC)c(OC)c1. The predicted molar refractivity (Wildman–Crippen MR) is 139 cm³/mol. The second kappa shape index (κ2) is 9.72. The predicted octanol–water partition coefficient (Wildman–Crippen LogP) is 4.99. The molecule has 0 aromatic heterocycles. The third-order valence-corrected chi connectivity index (χ3v) is 6.79. The number of rotatable bonds is 6. The number of hydrogen-bond donors (Lipinski definition) is 1. The number of Topliss-reactive ketones (excluding diaryl/α,β-unsaturated/α-hetero) is 1. The molecule has 0 unspecified atom stereocenters. The lowest BCUT2D eigenvalue weighted by Gasteiger charge is -2.44. The quantitative estimate of drug-likeness (QED) is 0.570. The lowest BCUT2D eigenvalue weighted by atomic mass is 9.68. The van der Waals surface area contributed by atoms with E-state index in [0.29, 0.717) is 35.5 Å². The highest BCUT2D eigenvalue weighted by atomic mass is 16.5. The summed E-state index contributed by atoms with van der Waals surface area (Å²) in [6.45, 7) is 8.10. The zero-order valence-corrected chi connectivity index (χ0v) is 21.8. The Kier molecular flexibility index (Phi) is 6.85. The molecule has 36 heavy (non-hydrogen) atoms. The van der Waals surface area contributed by atoms with Gasteiger partial charge < -0.3 is 19.9 Å².